The molecule has 1 aromatic heterocycles. The molecule has 1 amide bonds. The zero-order valence-electron chi connectivity index (χ0n) is 12.0. The lowest BCUT2D eigenvalue weighted by molar-refractivity contribution is 0.102. The molecule has 1 heterocycles. The SMILES string of the molecule is O=C(Nc1ccn(Cc2ccccc2Cl)n1)c1ccc(Br)cc1. The first-order valence-electron chi connectivity index (χ1n) is 6.95. The minimum Gasteiger partial charge on any atom is -0.305 e. The molecule has 23 heavy (non-hydrogen) atoms. The van der Waals surface area contributed by atoms with Crippen molar-refractivity contribution in [1.29, 1.82) is 0 Å². The molecule has 0 atom stereocenters. The summed E-state index contributed by atoms with van der Waals surface area (Å²) in [5.41, 5.74) is 1.55. The minimum atomic E-state index is -0.194. The molecule has 6 heteroatoms. The number of nitrogens with one attached hydrogen (secondary N) is 1. The molecule has 0 unspecified atom stereocenters. The molecule has 0 aliphatic rings. The van der Waals surface area contributed by atoms with Crippen LogP contribution in [0.1, 0.15) is 15.9 Å². The highest BCUT2D eigenvalue weighted by Gasteiger charge is 2.08. The van der Waals surface area contributed by atoms with Crippen LogP contribution in [0.3, 0.4) is 0 Å². The van der Waals surface area contributed by atoms with Crippen LogP contribution in [0.5, 0.6) is 0 Å². The molecule has 0 aliphatic carbocycles. The molecule has 0 aliphatic heterocycles. The second kappa shape index (κ2) is 6.98. The number of hydrogen-bond donors (Lipinski definition) is 1. The highest BCUT2D eigenvalue weighted by Crippen LogP contribution is 2.17. The fourth-order valence-corrected chi connectivity index (χ4v) is 2.57. The first-order chi connectivity index (χ1) is 11.1. The predicted molar refractivity (Wildman–Crippen MR) is 94.9 cm³/mol. The lowest BCUT2D eigenvalue weighted by Crippen LogP contribution is -2.12. The highest BCUT2D eigenvalue weighted by atomic mass is 79.9. The number of benzene rings is 2. The Morgan fingerprint density at radius 1 is 1.13 bits per heavy atom. The third-order valence-corrected chi connectivity index (χ3v) is 4.18. The molecule has 0 radical (unpaired) electrons. The van der Waals surface area contributed by atoms with E-state index in [1.165, 1.54) is 0 Å². The van der Waals surface area contributed by atoms with Gasteiger partial charge in [0.2, 0.25) is 0 Å². The zero-order chi connectivity index (χ0) is 16.2. The predicted octanol–water partition coefficient (Wildman–Crippen LogP) is 4.60. The number of hydrogen-bond acceptors (Lipinski definition) is 2. The molecule has 0 fully saturated rings. The van der Waals surface area contributed by atoms with Gasteiger partial charge in [-0.05, 0) is 35.9 Å². The number of anilines is 1. The quantitative estimate of drug-likeness (QED) is 0.708. The molecule has 0 spiro atoms. The summed E-state index contributed by atoms with van der Waals surface area (Å²) >= 11 is 9.49. The average Bonchev–Trinajstić information content (AvgIpc) is 2.97. The fraction of sp³-hybridized carbons (Fsp3) is 0.0588. The first kappa shape index (κ1) is 15.8. The molecule has 3 rings (SSSR count). The Morgan fingerprint density at radius 3 is 2.61 bits per heavy atom. The number of amides is 1. The van der Waals surface area contributed by atoms with Crippen LogP contribution in [0.25, 0.3) is 0 Å². The Balaban J connectivity index is 1.68. The maximum atomic E-state index is 12.2. The fourth-order valence-electron chi connectivity index (χ4n) is 2.11. The summed E-state index contributed by atoms with van der Waals surface area (Å²) in [6, 6.07) is 16.5. The second-order valence-electron chi connectivity index (χ2n) is 4.95. The molecule has 1 N–H and O–H groups in total. The number of carbonyl (C=O) groups is 1. The first-order valence-corrected chi connectivity index (χ1v) is 8.13. The van der Waals surface area contributed by atoms with Crippen LogP contribution in [-0.2, 0) is 6.54 Å². The Labute approximate surface area is 147 Å². The van der Waals surface area contributed by atoms with Crippen molar-refractivity contribution < 1.29 is 4.79 Å². The standard InChI is InChI=1S/C17H13BrClN3O/c18-14-7-5-12(6-8-14)17(23)20-16-9-10-22(21-16)11-13-3-1-2-4-15(13)19/h1-10H,11H2,(H,20,21,23). The van der Waals surface area contributed by atoms with Crippen LogP contribution < -0.4 is 5.32 Å². The van der Waals surface area contributed by atoms with Crippen LogP contribution in [0.2, 0.25) is 5.02 Å². The van der Waals surface area contributed by atoms with Crippen LogP contribution in [-0.4, -0.2) is 15.7 Å². The lowest BCUT2D eigenvalue weighted by Gasteiger charge is -2.05. The lowest BCUT2D eigenvalue weighted by atomic mass is 10.2. The van der Waals surface area contributed by atoms with Crippen molar-refractivity contribution in [1.82, 2.24) is 9.78 Å². The van der Waals surface area contributed by atoms with Crippen LogP contribution in [0.4, 0.5) is 5.82 Å². The summed E-state index contributed by atoms with van der Waals surface area (Å²) in [5.74, 6) is 0.311. The molecule has 2 aromatic carbocycles. The largest absolute Gasteiger partial charge is 0.305 e. The van der Waals surface area contributed by atoms with Gasteiger partial charge in [0, 0.05) is 27.3 Å². The maximum absolute atomic E-state index is 12.2. The molecule has 4 nitrogen and oxygen atoms in total. The van der Waals surface area contributed by atoms with Gasteiger partial charge in [-0.15, -0.1) is 0 Å². The Kier molecular flexibility index (Phi) is 4.79. The van der Waals surface area contributed by atoms with Gasteiger partial charge in [-0.1, -0.05) is 45.7 Å². The smallest absolute Gasteiger partial charge is 0.256 e. The zero-order valence-corrected chi connectivity index (χ0v) is 14.4. The molecular weight excluding hydrogens is 378 g/mol. The van der Waals surface area contributed by atoms with Crippen LogP contribution in [0, 0.1) is 0 Å². The van der Waals surface area contributed by atoms with Gasteiger partial charge < -0.3 is 5.32 Å². The summed E-state index contributed by atoms with van der Waals surface area (Å²) in [4.78, 5) is 12.2. The van der Waals surface area contributed by atoms with Crippen LogP contribution in [0.15, 0.2) is 65.3 Å². The summed E-state index contributed by atoms with van der Waals surface area (Å²) in [5, 5.41) is 7.82. The van der Waals surface area contributed by atoms with Crippen LogP contribution >= 0.6 is 27.5 Å². The van der Waals surface area contributed by atoms with Gasteiger partial charge in [0.05, 0.1) is 6.54 Å². The van der Waals surface area contributed by atoms with Gasteiger partial charge in [-0.2, -0.15) is 5.10 Å². The minimum absolute atomic E-state index is 0.194. The van der Waals surface area contributed by atoms with E-state index in [1.807, 2.05) is 36.4 Å². The molecule has 0 saturated carbocycles. The van der Waals surface area contributed by atoms with Crippen molar-refractivity contribution in [2.24, 2.45) is 0 Å². The van der Waals surface area contributed by atoms with E-state index in [0.29, 0.717) is 22.9 Å². The van der Waals surface area contributed by atoms with E-state index in [4.69, 9.17) is 11.6 Å². The monoisotopic (exact) mass is 389 g/mol. The number of carbonyl (C=O) groups excluding carboxylic acids is 1. The van der Waals surface area contributed by atoms with Gasteiger partial charge in [0.15, 0.2) is 5.82 Å². The summed E-state index contributed by atoms with van der Waals surface area (Å²) < 4.78 is 2.66. The third kappa shape index (κ3) is 4.00. The molecule has 0 saturated heterocycles. The summed E-state index contributed by atoms with van der Waals surface area (Å²) in [6.07, 6.45) is 1.81. The summed E-state index contributed by atoms with van der Waals surface area (Å²) in [6.45, 7) is 0.549. The van der Waals surface area contributed by atoms with Gasteiger partial charge >= 0.3 is 0 Å². The Morgan fingerprint density at radius 2 is 1.87 bits per heavy atom. The normalized spacial score (nSPS) is 10.5. The van der Waals surface area contributed by atoms with E-state index in [9.17, 15) is 4.79 Å². The number of aromatic nitrogens is 2. The van der Waals surface area contributed by atoms with E-state index >= 15 is 0 Å². The summed E-state index contributed by atoms with van der Waals surface area (Å²) in [7, 11) is 0. The Bertz CT molecular complexity index is 830. The van der Waals surface area contributed by atoms with Crippen molar-refractivity contribution in [3.63, 3.8) is 0 Å². The van der Waals surface area contributed by atoms with Gasteiger partial charge in [0.25, 0.3) is 5.91 Å². The van der Waals surface area contributed by atoms with Crippen molar-refractivity contribution >= 4 is 39.3 Å². The maximum Gasteiger partial charge on any atom is 0.256 e. The number of rotatable bonds is 4. The van der Waals surface area contributed by atoms with Crippen molar-refractivity contribution in [2.45, 2.75) is 6.54 Å². The van der Waals surface area contributed by atoms with E-state index in [2.05, 4.69) is 26.3 Å². The van der Waals surface area contributed by atoms with E-state index in [0.717, 1.165) is 10.0 Å². The highest BCUT2D eigenvalue weighted by molar-refractivity contribution is 9.10. The van der Waals surface area contributed by atoms with Gasteiger partial charge in [-0.25, -0.2) is 0 Å². The van der Waals surface area contributed by atoms with E-state index < -0.39 is 0 Å². The van der Waals surface area contributed by atoms with Crippen molar-refractivity contribution in [3.05, 3.63) is 81.4 Å². The Hall–Kier alpha value is -2.11. The second-order valence-corrected chi connectivity index (χ2v) is 6.27. The molecule has 0 bridgehead atoms. The molecule has 3 aromatic rings. The topological polar surface area (TPSA) is 46.9 Å². The van der Waals surface area contributed by atoms with Gasteiger partial charge in [-0.3, -0.25) is 9.48 Å². The third-order valence-electron chi connectivity index (χ3n) is 3.28. The number of halogens is 2. The molecular formula is C17H13BrClN3O. The number of nitrogens with zero attached hydrogens (tertiary/aromatic N) is 2. The van der Waals surface area contributed by atoms with Crippen molar-refractivity contribution in [2.75, 3.05) is 5.32 Å². The van der Waals surface area contributed by atoms with Crippen molar-refractivity contribution in [3.8, 4) is 0 Å². The van der Waals surface area contributed by atoms with E-state index in [-0.39, 0.29) is 5.91 Å². The van der Waals surface area contributed by atoms with Gasteiger partial charge in [0.1, 0.15) is 0 Å². The molecule has 116 valence electrons. The van der Waals surface area contributed by atoms with E-state index in [1.54, 1.807) is 29.1 Å². The average molecular weight is 391 g/mol.